The van der Waals surface area contributed by atoms with Crippen molar-refractivity contribution in [3.8, 4) is 11.5 Å². The first-order chi connectivity index (χ1) is 15.6. The zero-order valence-corrected chi connectivity index (χ0v) is 18.5. The van der Waals surface area contributed by atoms with E-state index in [1.165, 1.54) is 4.90 Å². The van der Waals surface area contributed by atoms with Crippen LogP contribution in [0.25, 0.3) is 6.08 Å². The summed E-state index contributed by atoms with van der Waals surface area (Å²) in [4.78, 5) is 26.8. The molecule has 2 amide bonds. The highest BCUT2D eigenvalue weighted by Crippen LogP contribution is 2.34. The minimum Gasteiger partial charge on any atom is -0.492 e. The fourth-order valence-corrected chi connectivity index (χ4v) is 4.05. The van der Waals surface area contributed by atoms with Crippen LogP contribution in [0.2, 0.25) is 0 Å². The molecule has 32 heavy (non-hydrogen) atoms. The first-order valence-electron chi connectivity index (χ1n) is 10.3. The smallest absolute Gasteiger partial charge is 0.293 e. The molecule has 3 aromatic carbocycles. The topological polar surface area (TPSA) is 55.8 Å². The minimum absolute atomic E-state index is 0.196. The molecule has 1 saturated heterocycles. The second-order valence-corrected chi connectivity index (χ2v) is 8.30. The van der Waals surface area contributed by atoms with E-state index in [0.29, 0.717) is 23.0 Å². The number of ether oxygens (including phenoxy) is 2. The standard InChI is InChI=1S/C26H23NO4S/c1-19-11-13-22(14-12-19)30-16-15-27-25(28)24(32-26(27)29)17-21-9-5-6-10-23(21)31-18-20-7-3-2-4-8-20/h2-14,17H,15-16,18H2,1H3/b24-17-. The fraction of sp³-hybridized carbons (Fsp3) is 0.154. The van der Waals surface area contributed by atoms with Crippen molar-refractivity contribution in [2.75, 3.05) is 13.2 Å². The largest absolute Gasteiger partial charge is 0.492 e. The molecule has 1 fully saturated rings. The van der Waals surface area contributed by atoms with Crippen LogP contribution in [-0.2, 0) is 11.4 Å². The lowest BCUT2D eigenvalue weighted by atomic mass is 10.1. The molecule has 5 nitrogen and oxygen atoms in total. The molecular formula is C26H23NO4S. The summed E-state index contributed by atoms with van der Waals surface area (Å²) in [6, 6.07) is 25.0. The molecule has 0 aliphatic carbocycles. The van der Waals surface area contributed by atoms with E-state index < -0.39 is 0 Å². The van der Waals surface area contributed by atoms with Crippen molar-refractivity contribution in [1.29, 1.82) is 0 Å². The van der Waals surface area contributed by atoms with Crippen LogP contribution in [0.3, 0.4) is 0 Å². The number of amides is 2. The Morgan fingerprint density at radius 3 is 2.38 bits per heavy atom. The van der Waals surface area contributed by atoms with Gasteiger partial charge in [-0.25, -0.2) is 0 Å². The summed E-state index contributed by atoms with van der Waals surface area (Å²) in [5, 5.41) is -0.295. The Kier molecular flexibility index (Phi) is 6.92. The maximum atomic E-state index is 12.8. The van der Waals surface area contributed by atoms with Gasteiger partial charge >= 0.3 is 0 Å². The quantitative estimate of drug-likeness (QED) is 0.417. The molecular weight excluding hydrogens is 422 g/mol. The summed E-state index contributed by atoms with van der Waals surface area (Å²) in [6.45, 7) is 2.86. The molecule has 1 heterocycles. The van der Waals surface area contributed by atoms with Gasteiger partial charge in [0.2, 0.25) is 0 Å². The Hall–Kier alpha value is -3.51. The minimum atomic E-state index is -0.314. The van der Waals surface area contributed by atoms with Crippen molar-refractivity contribution in [2.45, 2.75) is 13.5 Å². The van der Waals surface area contributed by atoms with E-state index in [2.05, 4.69) is 0 Å². The van der Waals surface area contributed by atoms with Crippen molar-refractivity contribution in [3.63, 3.8) is 0 Å². The highest BCUT2D eigenvalue weighted by Gasteiger charge is 2.35. The van der Waals surface area contributed by atoms with Crippen LogP contribution in [-0.4, -0.2) is 29.2 Å². The van der Waals surface area contributed by atoms with Gasteiger partial charge in [0.05, 0.1) is 11.4 Å². The number of thioether (sulfide) groups is 1. The second kappa shape index (κ2) is 10.2. The average Bonchev–Trinajstić information content (AvgIpc) is 3.08. The molecule has 0 N–H and O–H groups in total. The van der Waals surface area contributed by atoms with Crippen LogP contribution in [0.15, 0.2) is 83.8 Å². The summed E-state index contributed by atoms with van der Waals surface area (Å²) >= 11 is 0.935. The number of hydrogen-bond donors (Lipinski definition) is 0. The number of carbonyl (C=O) groups excluding carboxylic acids is 2. The van der Waals surface area contributed by atoms with Crippen LogP contribution >= 0.6 is 11.8 Å². The highest BCUT2D eigenvalue weighted by atomic mass is 32.2. The molecule has 162 valence electrons. The van der Waals surface area contributed by atoms with Crippen LogP contribution in [0.4, 0.5) is 4.79 Å². The number of carbonyl (C=O) groups is 2. The van der Waals surface area contributed by atoms with Gasteiger partial charge < -0.3 is 9.47 Å². The molecule has 1 aliphatic rings. The lowest BCUT2D eigenvalue weighted by molar-refractivity contribution is -0.123. The molecule has 1 aliphatic heterocycles. The molecule has 6 heteroatoms. The molecule has 0 saturated carbocycles. The molecule has 0 atom stereocenters. The summed E-state index contributed by atoms with van der Waals surface area (Å²) in [6.07, 6.45) is 1.71. The Bertz CT molecular complexity index is 1130. The number of hydrogen-bond acceptors (Lipinski definition) is 5. The summed E-state index contributed by atoms with van der Waals surface area (Å²) < 4.78 is 11.6. The highest BCUT2D eigenvalue weighted by molar-refractivity contribution is 8.18. The Labute approximate surface area is 191 Å². The summed E-state index contributed by atoms with van der Waals surface area (Å²) in [5.74, 6) is 1.05. The zero-order valence-electron chi connectivity index (χ0n) is 17.7. The van der Waals surface area contributed by atoms with Gasteiger partial charge in [0.15, 0.2) is 0 Å². The number of imide groups is 1. The number of para-hydroxylation sites is 1. The third kappa shape index (κ3) is 5.39. The van der Waals surface area contributed by atoms with E-state index in [1.807, 2.05) is 85.8 Å². The lowest BCUT2D eigenvalue weighted by Gasteiger charge is -2.13. The molecule has 0 radical (unpaired) electrons. The van der Waals surface area contributed by atoms with E-state index >= 15 is 0 Å². The number of nitrogens with zero attached hydrogens (tertiary/aromatic N) is 1. The Balaban J connectivity index is 1.40. The van der Waals surface area contributed by atoms with Crippen molar-refractivity contribution < 1.29 is 19.1 Å². The van der Waals surface area contributed by atoms with E-state index in [9.17, 15) is 9.59 Å². The molecule has 3 aromatic rings. The van der Waals surface area contributed by atoms with Gasteiger partial charge in [-0.15, -0.1) is 0 Å². The van der Waals surface area contributed by atoms with E-state index in [1.54, 1.807) is 6.08 Å². The van der Waals surface area contributed by atoms with Crippen molar-refractivity contribution in [1.82, 2.24) is 4.90 Å². The molecule has 0 unspecified atom stereocenters. The fourth-order valence-electron chi connectivity index (χ4n) is 3.19. The van der Waals surface area contributed by atoms with Gasteiger partial charge in [-0.2, -0.15) is 0 Å². The van der Waals surface area contributed by atoms with Crippen LogP contribution < -0.4 is 9.47 Å². The molecule has 0 aromatic heterocycles. The summed E-state index contributed by atoms with van der Waals surface area (Å²) in [7, 11) is 0. The number of aryl methyl sites for hydroxylation is 1. The van der Waals surface area contributed by atoms with E-state index in [0.717, 1.165) is 28.5 Å². The second-order valence-electron chi connectivity index (χ2n) is 7.31. The molecule has 0 spiro atoms. The Morgan fingerprint density at radius 1 is 0.875 bits per heavy atom. The maximum absolute atomic E-state index is 12.8. The van der Waals surface area contributed by atoms with Crippen LogP contribution in [0.5, 0.6) is 11.5 Å². The normalized spacial score (nSPS) is 14.8. The van der Waals surface area contributed by atoms with Gasteiger partial charge in [-0.1, -0.05) is 66.2 Å². The summed E-state index contributed by atoms with van der Waals surface area (Å²) in [5.41, 5.74) is 2.95. The van der Waals surface area contributed by atoms with Gasteiger partial charge in [0.25, 0.3) is 11.1 Å². The van der Waals surface area contributed by atoms with E-state index in [-0.39, 0.29) is 24.3 Å². The van der Waals surface area contributed by atoms with Gasteiger partial charge in [-0.3, -0.25) is 14.5 Å². The van der Waals surface area contributed by atoms with Crippen LogP contribution in [0.1, 0.15) is 16.7 Å². The lowest BCUT2D eigenvalue weighted by Crippen LogP contribution is -2.32. The number of benzene rings is 3. The third-order valence-corrected chi connectivity index (χ3v) is 5.83. The first kappa shape index (κ1) is 21.7. The predicted octanol–water partition coefficient (Wildman–Crippen LogP) is 5.69. The van der Waals surface area contributed by atoms with Crippen molar-refractivity contribution >= 4 is 29.0 Å². The molecule has 0 bridgehead atoms. The van der Waals surface area contributed by atoms with E-state index in [4.69, 9.17) is 9.47 Å². The van der Waals surface area contributed by atoms with Gasteiger partial charge in [0, 0.05) is 5.56 Å². The van der Waals surface area contributed by atoms with Crippen molar-refractivity contribution in [3.05, 3.63) is 100 Å². The van der Waals surface area contributed by atoms with Gasteiger partial charge in [0.1, 0.15) is 24.7 Å². The SMILES string of the molecule is Cc1ccc(OCCN2C(=O)S/C(=C\c3ccccc3OCc3ccccc3)C2=O)cc1. The van der Waals surface area contributed by atoms with Gasteiger partial charge in [-0.05, 0) is 48.5 Å². The Morgan fingerprint density at radius 2 is 1.59 bits per heavy atom. The van der Waals surface area contributed by atoms with Crippen LogP contribution in [0, 0.1) is 6.92 Å². The predicted molar refractivity (Wildman–Crippen MR) is 127 cm³/mol. The average molecular weight is 446 g/mol. The maximum Gasteiger partial charge on any atom is 0.293 e. The zero-order chi connectivity index (χ0) is 22.3. The van der Waals surface area contributed by atoms with Crippen molar-refractivity contribution in [2.24, 2.45) is 0 Å². The number of rotatable bonds is 8. The monoisotopic (exact) mass is 445 g/mol. The molecule has 4 rings (SSSR count). The first-order valence-corrected chi connectivity index (χ1v) is 11.1. The third-order valence-electron chi connectivity index (χ3n) is 4.92.